The fourth-order valence-corrected chi connectivity index (χ4v) is 1.87. The van der Waals surface area contributed by atoms with Gasteiger partial charge in [0.2, 0.25) is 0 Å². The standard InChI is InChI=1S/C16H22O4/c1-2-3-4-6-13-9-11-14(12-10-13)20-16(19)8-5-7-15(17)18/h9-12H,2-8H2,1H3,(H,17,18). The molecule has 0 aliphatic heterocycles. The number of carbonyl (C=O) groups excluding carboxylic acids is 1. The third-order valence-corrected chi connectivity index (χ3v) is 3.00. The molecule has 0 fully saturated rings. The monoisotopic (exact) mass is 278 g/mol. The second-order valence-electron chi connectivity index (χ2n) is 4.82. The van der Waals surface area contributed by atoms with Crippen molar-refractivity contribution in [3.63, 3.8) is 0 Å². The van der Waals surface area contributed by atoms with Gasteiger partial charge >= 0.3 is 11.9 Å². The Hall–Kier alpha value is -1.84. The van der Waals surface area contributed by atoms with E-state index in [9.17, 15) is 9.59 Å². The third-order valence-electron chi connectivity index (χ3n) is 3.00. The molecule has 20 heavy (non-hydrogen) atoms. The van der Waals surface area contributed by atoms with Crippen molar-refractivity contribution in [3.8, 4) is 5.75 Å². The summed E-state index contributed by atoms with van der Waals surface area (Å²) in [7, 11) is 0. The number of carbonyl (C=O) groups is 2. The molecule has 0 aromatic heterocycles. The average Bonchev–Trinajstić information content (AvgIpc) is 2.40. The molecule has 1 rings (SSSR count). The lowest BCUT2D eigenvalue weighted by Gasteiger charge is -2.05. The molecule has 0 saturated carbocycles. The summed E-state index contributed by atoms with van der Waals surface area (Å²) in [6, 6.07) is 7.51. The van der Waals surface area contributed by atoms with Gasteiger partial charge in [0.25, 0.3) is 0 Å². The van der Waals surface area contributed by atoms with Crippen LogP contribution in [0.3, 0.4) is 0 Å². The number of ether oxygens (including phenoxy) is 1. The molecule has 0 radical (unpaired) electrons. The van der Waals surface area contributed by atoms with E-state index in [1.807, 2.05) is 12.1 Å². The first-order chi connectivity index (χ1) is 9.61. The Labute approximate surface area is 119 Å². The Kier molecular flexibility index (Phi) is 7.40. The van der Waals surface area contributed by atoms with Crippen molar-refractivity contribution in [2.24, 2.45) is 0 Å². The fourth-order valence-electron chi connectivity index (χ4n) is 1.87. The maximum atomic E-state index is 11.5. The van der Waals surface area contributed by atoms with Crippen LogP contribution in [0.4, 0.5) is 0 Å². The first-order valence-electron chi connectivity index (χ1n) is 7.13. The van der Waals surface area contributed by atoms with Crippen LogP contribution in [0, 0.1) is 0 Å². The normalized spacial score (nSPS) is 10.2. The molecule has 4 nitrogen and oxygen atoms in total. The van der Waals surface area contributed by atoms with Gasteiger partial charge in [-0.05, 0) is 37.0 Å². The number of rotatable bonds is 9. The molecule has 0 aliphatic carbocycles. The van der Waals surface area contributed by atoms with Gasteiger partial charge in [-0.1, -0.05) is 31.9 Å². The summed E-state index contributed by atoms with van der Waals surface area (Å²) in [4.78, 5) is 21.8. The van der Waals surface area contributed by atoms with Crippen molar-refractivity contribution in [2.45, 2.75) is 51.9 Å². The first-order valence-corrected chi connectivity index (χ1v) is 7.13. The zero-order valence-corrected chi connectivity index (χ0v) is 11.9. The largest absolute Gasteiger partial charge is 0.481 e. The van der Waals surface area contributed by atoms with Gasteiger partial charge in [0.1, 0.15) is 5.75 Å². The van der Waals surface area contributed by atoms with Crippen LogP contribution in [0.25, 0.3) is 0 Å². The number of benzene rings is 1. The Morgan fingerprint density at radius 3 is 2.35 bits per heavy atom. The first kappa shape index (κ1) is 16.2. The molecule has 0 unspecified atom stereocenters. The molecular weight excluding hydrogens is 256 g/mol. The summed E-state index contributed by atoms with van der Waals surface area (Å²) in [5.41, 5.74) is 1.24. The topological polar surface area (TPSA) is 63.6 Å². The van der Waals surface area contributed by atoms with Crippen LogP contribution in [-0.4, -0.2) is 17.0 Å². The van der Waals surface area contributed by atoms with Crippen LogP contribution >= 0.6 is 0 Å². The number of aryl methyl sites for hydroxylation is 1. The minimum absolute atomic E-state index is 0.00847. The SMILES string of the molecule is CCCCCc1ccc(OC(=O)CCCC(=O)O)cc1. The predicted molar refractivity (Wildman–Crippen MR) is 76.8 cm³/mol. The summed E-state index contributed by atoms with van der Waals surface area (Å²) in [6.07, 6.45) is 5.07. The summed E-state index contributed by atoms with van der Waals surface area (Å²) < 4.78 is 5.14. The van der Waals surface area contributed by atoms with Crippen LogP contribution in [0.2, 0.25) is 0 Å². The van der Waals surface area contributed by atoms with E-state index in [1.54, 1.807) is 12.1 Å². The number of carboxylic acid groups (broad SMARTS) is 1. The average molecular weight is 278 g/mol. The van der Waals surface area contributed by atoms with Gasteiger partial charge in [-0.3, -0.25) is 9.59 Å². The number of hydrogen-bond donors (Lipinski definition) is 1. The van der Waals surface area contributed by atoms with E-state index < -0.39 is 5.97 Å². The van der Waals surface area contributed by atoms with E-state index in [0.717, 1.165) is 6.42 Å². The molecule has 0 atom stereocenters. The molecule has 1 aromatic rings. The Morgan fingerprint density at radius 1 is 1.05 bits per heavy atom. The van der Waals surface area contributed by atoms with Gasteiger partial charge in [0, 0.05) is 12.8 Å². The van der Waals surface area contributed by atoms with E-state index in [0.29, 0.717) is 12.2 Å². The highest BCUT2D eigenvalue weighted by molar-refractivity contribution is 5.73. The van der Waals surface area contributed by atoms with E-state index in [2.05, 4.69) is 6.92 Å². The summed E-state index contributed by atoms with van der Waals surface area (Å²) >= 11 is 0. The maximum Gasteiger partial charge on any atom is 0.311 e. The highest BCUT2D eigenvalue weighted by Crippen LogP contribution is 2.15. The number of aliphatic carboxylic acids is 1. The molecule has 4 heteroatoms. The number of carboxylic acids is 1. The highest BCUT2D eigenvalue weighted by atomic mass is 16.5. The van der Waals surface area contributed by atoms with Crippen molar-refractivity contribution < 1.29 is 19.4 Å². The molecule has 0 amide bonds. The summed E-state index contributed by atoms with van der Waals surface area (Å²) in [5.74, 6) is -0.760. The van der Waals surface area contributed by atoms with Crippen LogP contribution in [0.15, 0.2) is 24.3 Å². The number of unbranched alkanes of at least 4 members (excludes halogenated alkanes) is 2. The molecule has 1 aromatic carbocycles. The summed E-state index contributed by atoms with van der Waals surface area (Å²) in [5, 5.41) is 8.48. The van der Waals surface area contributed by atoms with Gasteiger partial charge in [0.05, 0.1) is 0 Å². The fraction of sp³-hybridized carbons (Fsp3) is 0.500. The van der Waals surface area contributed by atoms with E-state index in [1.165, 1.54) is 24.8 Å². The maximum absolute atomic E-state index is 11.5. The smallest absolute Gasteiger partial charge is 0.311 e. The molecule has 0 spiro atoms. The van der Waals surface area contributed by atoms with Crippen LogP contribution in [-0.2, 0) is 16.0 Å². The molecule has 110 valence electrons. The van der Waals surface area contributed by atoms with Crippen molar-refractivity contribution in [1.82, 2.24) is 0 Å². The lowest BCUT2D eigenvalue weighted by atomic mass is 10.1. The molecule has 0 aliphatic rings. The second-order valence-corrected chi connectivity index (χ2v) is 4.82. The second kappa shape index (κ2) is 9.13. The Morgan fingerprint density at radius 2 is 1.75 bits per heavy atom. The van der Waals surface area contributed by atoms with Crippen molar-refractivity contribution >= 4 is 11.9 Å². The van der Waals surface area contributed by atoms with Crippen LogP contribution < -0.4 is 4.74 Å². The zero-order valence-electron chi connectivity index (χ0n) is 11.9. The van der Waals surface area contributed by atoms with Crippen LogP contribution in [0.5, 0.6) is 5.75 Å². The quantitative estimate of drug-likeness (QED) is 0.426. The number of hydrogen-bond acceptors (Lipinski definition) is 3. The molecular formula is C16H22O4. The minimum atomic E-state index is -0.894. The van der Waals surface area contributed by atoms with E-state index in [4.69, 9.17) is 9.84 Å². The predicted octanol–water partition coefficient (Wildman–Crippen LogP) is 3.58. The van der Waals surface area contributed by atoms with Gasteiger partial charge in [0.15, 0.2) is 0 Å². The van der Waals surface area contributed by atoms with Gasteiger partial charge in [-0.15, -0.1) is 0 Å². The molecule has 1 N–H and O–H groups in total. The van der Waals surface area contributed by atoms with Crippen molar-refractivity contribution in [1.29, 1.82) is 0 Å². The molecule has 0 bridgehead atoms. The zero-order chi connectivity index (χ0) is 14.8. The van der Waals surface area contributed by atoms with Crippen LogP contribution in [0.1, 0.15) is 51.0 Å². The summed E-state index contributed by atoms with van der Waals surface area (Å²) in [6.45, 7) is 2.17. The van der Waals surface area contributed by atoms with Gasteiger partial charge < -0.3 is 9.84 Å². The van der Waals surface area contributed by atoms with Crippen molar-refractivity contribution in [2.75, 3.05) is 0 Å². The molecule has 0 saturated heterocycles. The van der Waals surface area contributed by atoms with E-state index >= 15 is 0 Å². The lowest BCUT2D eigenvalue weighted by Crippen LogP contribution is -2.08. The van der Waals surface area contributed by atoms with E-state index in [-0.39, 0.29) is 18.8 Å². The third kappa shape index (κ3) is 6.92. The van der Waals surface area contributed by atoms with Gasteiger partial charge in [-0.2, -0.15) is 0 Å². The Bertz CT molecular complexity index is 423. The molecule has 0 heterocycles. The minimum Gasteiger partial charge on any atom is -0.481 e. The van der Waals surface area contributed by atoms with Gasteiger partial charge in [-0.25, -0.2) is 0 Å². The van der Waals surface area contributed by atoms with Crippen molar-refractivity contribution in [3.05, 3.63) is 29.8 Å². The lowest BCUT2D eigenvalue weighted by molar-refractivity contribution is -0.137. The highest BCUT2D eigenvalue weighted by Gasteiger charge is 2.06. The Balaban J connectivity index is 2.33. The number of esters is 1.